The number of para-hydroxylation sites is 1. The van der Waals surface area contributed by atoms with Crippen molar-refractivity contribution in [3.63, 3.8) is 0 Å². The predicted molar refractivity (Wildman–Crippen MR) is 115 cm³/mol. The van der Waals surface area contributed by atoms with Gasteiger partial charge in [0.25, 0.3) is 0 Å². The lowest BCUT2D eigenvalue weighted by Crippen LogP contribution is -2.29. The van der Waals surface area contributed by atoms with Crippen LogP contribution in [0.4, 0.5) is 4.39 Å². The number of aromatic nitrogens is 1. The van der Waals surface area contributed by atoms with Gasteiger partial charge in [0.15, 0.2) is 0 Å². The highest BCUT2D eigenvalue weighted by atomic mass is 35.5. The monoisotopic (exact) mass is 398 g/mol. The highest BCUT2D eigenvalue weighted by Crippen LogP contribution is 2.26. The van der Waals surface area contributed by atoms with E-state index in [0.29, 0.717) is 23.2 Å². The Bertz CT molecular complexity index is 905. The molecular weight excluding hydrogens is 371 g/mol. The lowest BCUT2D eigenvalue weighted by molar-refractivity contribution is 0.389. The summed E-state index contributed by atoms with van der Waals surface area (Å²) in [6.45, 7) is 1.29. The summed E-state index contributed by atoms with van der Waals surface area (Å²) in [4.78, 5) is 0. The maximum atomic E-state index is 14.3. The second-order valence-corrected chi connectivity index (χ2v) is 8.33. The minimum Gasteiger partial charge on any atom is -0.343 e. The molecule has 1 heterocycles. The molecule has 0 radical (unpaired) electrons. The maximum absolute atomic E-state index is 14.3. The van der Waals surface area contributed by atoms with E-state index in [1.807, 2.05) is 6.07 Å². The van der Waals surface area contributed by atoms with Crippen LogP contribution in [0, 0.1) is 5.82 Å². The number of benzene rings is 2. The molecule has 2 nitrogen and oxygen atoms in total. The van der Waals surface area contributed by atoms with Crippen molar-refractivity contribution in [3.05, 3.63) is 70.6 Å². The average Bonchev–Trinajstić information content (AvgIpc) is 3.02. The fraction of sp³-hybridized carbons (Fsp3) is 0.417. The largest absolute Gasteiger partial charge is 0.343 e. The van der Waals surface area contributed by atoms with Crippen LogP contribution < -0.4 is 5.32 Å². The molecule has 0 aliphatic heterocycles. The highest BCUT2D eigenvalue weighted by molar-refractivity contribution is 6.31. The number of nitrogens with zero attached hydrogens (tertiary/aromatic N) is 1. The third-order valence-electron chi connectivity index (χ3n) is 5.95. The van der Waals surface area contributed by atoms with Gasteiger partial charge in [0.1, 0.15) is 5.82 Å². The Morgan fingerprint density at radius 3 is 2.50 bits per heavy atom. The Morgan fingerprint density at radius 1 is 0.964 bits per heavy atom. The molecule has 0 saturated heterocycles. The van der Waals surface area contributed by atoms with Crippen LogP contribution in [0.2, 0.25) is 5.02 Å². The zero-order valence-corrected chi connectivity index (χ0v) is 17.0. The number of fused-ring (bicyclic) bond motifs is 1. The summed E-state index contributed by atoms with van der Waals surface area (Å²) in [7, 11) is 0. The van der Waals surface area contributed by atoms with E-state index in [0.717, 1.165) is 12.1 Å². The lowest BCUT2D eigenvalue weighted by atomic mass is 9.96. The zero-order chi connectivity index (χ0) is 19.3. The molecule has 0 spiro atoms. The van der Waals surface area contributed by atoms with Crippen LogP contribution >= 0.6 is 11.6 Å². The third-order valence-corrected chi connectivity index (χ3v) is 6.30. The molecule has 28 heavy (non-hydrogen) atoms. The topological polar surface area (TPSA) is 17.0 Å². The van der Waals surface area contributed by atoms with E-state index in [2.05, 4.69) is 34.3 Å². The van der Waals surface area contributed by atoms with Gasteiger partial charge in [-0.05, 0) is 36.6 Å². The first-order valence-electron chi connectivity index (χ1n) is 10.5. The van der Waals surface area contributed by atoms with Crippen LogP contribution in [0.15, 0.2) is 48.7 Å². The van der Waals surface area contributed by atoms with Crippen molar-refractivity contribution in [2.45, 2.75) is 64.1 Å². The number of hydrogen-bond acceptors (Lipinski definition) is 1. The van der Waals surface area contributed by atoms with Crippen LogP contribution in [0.25, 0.3) is 10.9 Å². The molecule has 1 N–H and O–H groups in total. The van der Waals surface area contributed by atoms with Crippen molar-refractivity contribution in [2.75, 3.05) is 0 Å². The van der Waals surface area contributed by atoms with Crippen molar-refractivity contribution < 1.29 is 4.39 Å². The van der Waals surface area contributed by atoms with Gasteiger partial charge in [-0.1, -0.05) is 68.0 Å². The molecule has 3 aromatic rings. The maximum Gasteiger partial charge on any atom is 0.129 e. The fourth-order valence-electron chi connectivity index (χ4n) is 4.36. The van der Waals surface area contributed by atoms with Crippen molar-refractivity contribution >= 4 is 22.5 Å². The highest BCUT2D eigenvalue weighted by Gasteiger charge is 2.15. The van der Waals surface area contributed by atoms with Gasteiger partial charge in [-0.3, -0.25) is 0 Å². The van der Waals surface area contributed by atoms with Crippen LogP contribution in [-0.2, 0) is 13.1 Å². The zero-order valence-electron chi connectivity index (χ0n) is 16.3. The Hall–Kier alpha value is -1.84. The number of halogens is 2. The normalized spacial score (nSPS) is 16.2. The van der Waals surface area contributed by atoms with Gasteiger partial charge in [-0.25, -0.2) is 4.39 Å². The molecule has 1 aliphatic rings. The van der Waals surface area contributed by atoms with E-state index in [9.17, 15) is 4.39 Å². The van der Waals surface area contributed by atoms with E-state index in [-0.39, 0.29) is 5.82 Å². The fourth-order valence-corrected chi connectivity index (χ4v) is 4.59. The van der Waals surface area contributed by atoms with Gasteiger partial charge >= 0.3 is 0 Å². The Labute approximate surface area is 171 Å². The van der Waals surface area contributed by atoms with E-state index >= 15 is 0 Å². The van der Waals surface area contributed by atoms with E-state index in [4.69, 9.17) is 11.6 Å². The van der Waals surface area contributed by atoms with E-state index in [1.165, 1.54) is 62.0 Å². The van der Waals surface area contributed by atoms with Gasteiger partial charge in [-0.15, -0.1) is 0 Å². The molecule has 2 aromatic carbocycles. The molecule has 0 atom stereocenters. The Morgan fingerprint density at radius 2 is 1.71 bits per heavy atom. The molecule has 0 bridgehead atoms. The van der Waals surface area contributed by atoms with Crippen LogP contribution in [-0.4, -0.2) is 10.6 Å². The van der Waals surface area contributed by atoms with Gasteiger partial charge in [0.2, 0.25) is 0 Å². The molecule has 1 fully saturated rings. The van der Waals surface area contributed by atoms with Crippen molar-refractivity contribution in [1.82, 2.24) is 9.88 Å². The summed E-state index contributed by atoms with van der Waals surface area (Å²) in [6, 6.07) is 13.8. The molecule has 0 amide bonds. The van der Waals surface area contributed by atoms with Gasteiger partial charge < -0.3 is 9.88 Å². The van der Waals surface area contributed by atoms with Crippen LogP contribution in [0.3, 0.4) is 0 Å². The summed E-state index contributed by atoms with van der Waals surface area (Å²) in [5.41, 5.74) is 2.94. The smallest absolute Gasteiger partial charge is 0.129 e. The molecule has 1 aliphatic carbocycles. The lowest BCUT2D eigenvalue weighted by Gasteiger charge is -2.21. The summed E-state index contributed by atoms with van der Waals surface area (Å²) in [6.07, 6.45) is 11.5. The van der Waals surface area contributed by atoms with Gasteiger partial charge in [0, 0.05) is 40.3 Å². The van der Waals surface area contributed by atoms with Crippen molar-refractivity contribution in [3.8, 4) is 0 Å². The second kappa shape index (κ2) is 9.11. The second-order valence-electron chi connectivity index (χ2n) is 7.92. The number of nitrogens with one attached hydrogen (secondary N) is 1. The minimum absolute atomic E-state index is 0.250. The minimum atomic E-state index is -0.250. The summed E-state index contributed by atoms with van der Waals surface area (Å²) >= 11 is 6.26. The van der Waals surface area contributed by atoms with Crippen molar-refractivity contribution in [2.24, 2.45) is 0 Å². The number of rotatable bonds is 5. The Balaban J connectivity index is 1.56. The first-order valence-corrected chi connectivity index (χ1v) is 10.8. The first-order chi connectivity index (χ1) is 13.7. The summed E-state index contributed by atoms with van der Waals surface area (Å²) < 4.78 is 16.4. The molecule has 1 aromatic heterocycles. The molecule has 0 unspecified atom stereocenters. The number of hydrogen-bond donors (Lipinski definition) is 1. The third kappa shape index (κ3) is 4.42. The van der Waals surface area contributed by atoms with Gasteiger partial charge in [0.05, 0.1) is 6.54 Å². The van der Waals surface area contributed by atoms with Crippen LogP contribution in [0.1, 0.15) is 56.1 Å². The summed E-state index contributed by atoms with van der Waals surface area (Å²) in [5.74, 6) is -0.250. The van der Waals surface area contributed by atoms with E-state index in [1.54, 1.807) is 12.1 Å². The molecule has 4 heteroatoms. The SMILES string of the molecule is Fc1cccc(Cl)c1Cn1cc(CNC2CCCCCCC2)c2ccccc21. The Kier molecular flexibility index (Phi) is 6.33. The standard InChI is InChI=1S/C24H28ClFN2/c25-22-12-8-13-23(26)21(22)17-28-16-18(20-11-6-7-14-24(20)28)15-27-19-9-4-2-1-3-5-10-19/h6-8,11-14,16,19,27H,1-5,9-10,15,17H2. The average molecular weight is 399 g/mol. The molecule has 1 saturated carbocycles. The molecule has 148 valence electrons. The first kappa shape index (κ1) is 19.5. The quantitative estimate of drug-likeness (QED) is 0.506. The van der Waals surface area contributed by atoms with Crippen LogP contribution in [0.5, 0.6) is 0 Å². The predicted octanol–water partition coefficient (Wildman–Crippen LogP) is 6.68. The van der Waals surface area contributed by atoms with E-state index < -0.39 is 0 Å². The van der Waals surface area contributed by atoms with Crippen molar-refractivity contribution in [1.29, 1.82) is 0 Å². The molecule has 4 rings (SSSR count). The molecular formula is C24H28ClFN2. The summed E-state index contributed by atoms with van der Waals surface area (Å²) in [5, 5.41) is 5.49. The van der Waals surface area contributed by atoms with Gasteiger partial charge in [-0.2, -0.15) is 0 Å².